The molecule has 1 aliphatic heterocycles. The molecule has 0 saturated carbocycles. The van der Waals surface area contributed by atoms with Gasteiger partial charge in [-0.15, -0.1) is 0 Å². The van der Waals surface area contributed by atoms with E-state index in [0.29, 0.717) is 28.7 Å². The molecule has 1 aromatic rings. The van der Waals surface area contributed by atoms with E-state index in [9.17, 15) is 14.4 Å². The van der Waals surface area contributed by atoms with Crippen LogP contribution in [-0.4, -0.2) is 41.8 Å². The van der Waals surface area contributed by atoms with Crippen LogP contribution in [0.25, 0.3) is 0 Å². The summed E-state index contributed by atoms with van der Waals surface area (Å²) < 4.78 is 5.05. The van der Waals surface area contributed by atoms with Gasteiger partial charge in [-0.25, -0.2) is 4.79 Å². The number of Topliss-reactive ketones (excluding diaryl/α,β-unsaturated/α-hetero) is 1. The number of halogens is 1. The molecule has 1 aliphatic rings. The number of amides is 3. The minimum absolute atomic E-state index is 0.298. The molecule has 2 rings (SSSR count). The molecule has 1 heterocycles. The summed E-state index contributed by atoms with van der Waals surface area (Å²) in [6.07, 6.45) is 1.34. The molecule has 3 amide bonds. The monoisotopic (exact) mass is 366 g/mol. The molecule has 0 aromatic heterocycles. The van der Waals surface area contributed by atoms with E-state index in [1.54, 1.807) is 19.1 Å². The summed E-state index contributed by atoms with van der Waals surface area (Å²) in [4.78, 5) is 38.2. The van der Waals surface area contributed by atoms with Gasteiger partial charge >= 0.3 is 6.03 Å². The van der Waals surface area contributed by atoms with Crippen LogP contribution in [0, 0.1) is 5.92 Å². The van der Waals surface area contributed by atoms with Crippen molar-refractivity contribution < 1.29 is 19.1 Å². The third kappa shape index (κ3) is 4.12. The van der Waals surface area contributed by atoms with Gasteiger partial charge in [-0.1, -0.05) is 25.4 Å². The second-order valence-electron chi connectivity index (χ2n) is 6.86. The Morgan fingerprint density at radius 2 is 2.04 bits per heavy atom. The number of ketones is 1. The summed E-state index contributed by atoms with van der Waals surface area (Å²) in [5.41, 5.74) is -0.638. The van der Waals surface area contributed by atoms with Crippen LogP contribution < -0.4 is 10.1 Å². The van der Waals surface area contributed by atoms with Gasteiger partial charge in [0.1, 0.15) is 11.3 Å². The van der Waals surface area contributed by atoms with Crippen molar-refractivity contribution in [3.05, 3.63) is 28.8 Å². The first-order valence-corrected chi connectivity index (χ1v) is 8.56. The quantitative estimate of drug-likeness (QED) is 0.593. The molecule has 6 nitrogen and oxygen atoms in total. The molecular formula is C18H23ClN2O4. The first-order chi connectivity index (χ1) is 11.7. The van der Waals surface area contributed by atoms with Gasteiger partial charge in [-0.3, -0.25) is 14.5 Å². The number of hydrogen-bond donors (Lipinski definition) is 1. The Labute approximate surface area is 152 Å². The van der Waals surface area contributed by atoms with E-state index < -0.39 is 11.6 Å². The highest BCUT2D eigenvalue weighted by molar-refractivity contribution is 6.32. The summed E-state index contributed by atoms with van der Waals surface area (Å²) in [7, 11) is 1.48. The van der Waals surface area contributed by atoms with E-state index in [-0.39, 0.29) is 18.2 Å². The number of carbonyl (C=O) groups is 3. The lowest BCUT2D eigenvalue weighted by molar-refractivity contribution is -0.130. The first kappa shape index (κ1) is 19.2. The molecule has 1 aromatic carbocycles. The minimum Gasteiger partial charge on any atom is -0.495 e. The van der Waals surface area contributed by atoms with E-state index in [4.69, 9.17) is 16.3 Å². The highest BCUT2D eigenvalue weighted by Crippen LogP contribution is 2.27. The highest BCUT2D eigenvalue weighted by atomic mass is 35.5. The van der Waals surface area contributed by atoms with Gasteiger partial charge in [-0.2, -0.15) is 0 Å². The lowest BCUT2D eigenvalue weighted by Crippen LogP contribution is -2.44. The second kappa shape index (κ2) is 7.44. The van der Waals surface area contributed by atoms with Crippen LogP contribution in [0.3, 0.4) is 0 Å². The van der Waals surface area contributed by atoms with Crippen LogP contribution in [0.1, 0.15) is 44.0 Å². The Kier molecular flexibility index (Phi) is 5.72. The summed E-state index contributed by atoms with van der Waals surface area (Å²) in [6.45, 7) is 5.49. The van der Waals surface area contributed by atoms with Gasteiger partial charge in [-0.05, 0) is 43.9 Å². The maximum absolute atomic E-state index is 12.6. The fourth-order valence-corrected chi connectivity index (χ4v) is 2.97. The Morgan fingerprint density at radius 3 is 2.60 bits per heavy atom. The van der Waals surface area contributed by atoms with Gasteiger partial charge in [0.2, 0.25) is 0 Å². The first-order valence-electron chi connectivity index (χ1n) is 8.19. The zero-order valence-corrected chi connectivity index (χ0v) is 15.6. The zero-order valence-electron chi connectivity index (χ0n) is 14.9. The molecule has 0 spiro atoms. The molecule has 1 atom stereocenters. The zero-order chi connectivity index (χ0) is 18.8. The van der Waals surface area contributed by atoms with Crippen LogP contribution in [0.5, 0.6) is 5.75 Å². The van der Waals surface area contributed by atoms with E-state index in [1.165, 1.54) is 13.2 Å². The average molecular weight is 367 g/mol. The molecule has 0 unspecified atom stereocenters. The average Bonchev–Trinajstić information content (AvgIpc) is 2.76. The fraction of sp³-hybridized carbons (Fsp3) is 0.500. The molecule has 0 aliphatic carbocycles. The third-order valence-electron chi connectivity index (χ3n) is 4.34. The molecule has 1 fully saturated rings. The van der Waals surface area contributed by atoms with Crippen LogP contribution in [0.15, 0.2) is 18.2 Å². The second-order valence-corrected chi connectivity index (χ2v) is 7.27. The van der Waals surface area contributed by atoms with Crippen molar-refractivity contribution in [3.8, 4) is 5.75 Å². The lowest BCUT2D eigenvalue weighted by atomic mass is 9.92. The Bertz CT molecular complexity index is 704. The number of rotatable bonds is 7. The standard InChI is InChI=1S/C18H23ClN2O4/c1-11(2)7-8-18(3)16(23)21(17(24)20-18)10-14(22)12-5-6-15(25-4)13(19)9-12/h5-6,9,11H,7-8,10H2,1-4H3,(H,20,24)/t18-/m0/s1. The predicted octanol–water partition coefficient (Wildman–Crippen LogP) is 3.28. The van der Waals surface area contributed by atoms with Gasteiger partial charge in [0, 0.05) is 5.56 Å². The summed E-state index contributed by atoms with van der Waals surface area (Å²) >= 11 is 6.03. The predicted molar refractivity (Wildman–Crippen MR) is 95.1 cm³/mol. The fourth-order valence-electron chi connectivity index (χ4n) is 2.71. The molecule has 1 N–H and O–H groups in total. The van der Waals surface area contributed by atoms with E-state index in [2.05, 4.69) is 19.2 Å². The van der Waals surface area contributed by atoms with Crippen molar-refractivity contribution in [1.29, 1.82) is 0 Å². The van der Waals surface area contributed by atoms with Crippen LogP contribution >= 0.6 is 11.6 Å². The SMILES string of the molecule is COc1ccc(C(=O)CN2C(=O)N[C@@](C)(CCC(C)C)C2=O)cc1Cl. The number of ether oxygens (including phenoxy) is 1. The number of nitrogens with zero attached hydrogens (tertiary/aromatic N) is 1. The summed E-state index contributed by atoms with van der Waals surface area (Å²) in [5.74, 6) is 0.139. The molecule has 1 saturated heterocycles. The van der Waals surface area contributed by atoms with Crippen molar-refractivity contribution >= 4 is 29.3 Å². The number of benzene rings is 1. The molecule has 136 valence electrons. The topological polar surface area (TPSA) is 75.7 Å². The van der Waals surface area contributed by atoms with Crippen molar-refractivity contribution in [1.82, 2.24) is 10.2 Å². The molecule has 0 bridgehead atoms. The normalized spacial score (nSPS) is 20.2. The third-order valence-corrected chi connectivity index (χ3v) is 4.64. The molecule has 7 heteroatoms. The minimum atomic E-state index is -0.959. The number of nitrogens with one attached hydrogen (secondary N) is 1. The maximum atomic E-state index is 12.6. The van der Waals surface area contributed by atoms with Crippen LogP contribution in [0.2, 0.25) is 5.02 Å². The summed E-state index contributed by atoms with van der Waals surface area (Å²) in [5, 5.41) is 3.01. The van der Waals surface area contributed by atoms with Crippen LogP contribution in [0.4, 0.5) is 4.79 Å². The largest absolute Gasteiger partial charge is 0.495 e. The van der Waals surface area contributed by atoms with Gasteiger partial charge in [0.15, 0.2) is 5.78 Å². The molecule has 25 heavy (non-hydrogen) atoms. The molecular weight excluding hydrogens is 344 g/mol. The number of hydrogen-bond acceptors (Lipinski definition) is 4. The lowest BCUT2D eigenvalue weighted by Gasteiger charge is -2.22. The van der Waals surface area contributed by atoms with Crippen molar-refractivity contribution in [2.45, 2.75) is 39.2 Å². The molecule has 0 radical (unpaired) electrons. The Morgan fingerprint density at radius 1 is 1.36 bits per heavy atom. The summed E-state index contributed by atoms with van der Waals surface area (Å²) in [6, 6.07) is 4.07. The highest BCUT2D eigenvalue weighted by Gasteiger charge is 2.47. The number of methoxy groups -OCH3 is 1. The van der Waals surface area contributed by atoms with E-state index in [1.807, 2.05) is 0 Å². The number of carbonyl (C=O) groups excluding carboxylic acids is 3. The van der Waals surface area contributed by atoms with Crippen molar-refractivity contribution in [3.63, 3.8) is 0 Å². The van der Waals surface area contributed by atoms with Crippen molar-refractivity contribution in [2.24, 2.45) is 5.92 Å². The Balaban J connectivity index is 2.11. The number of imide groups is 1. The van der Waals surface area contributed by atoms with Crippen LogP contribution in [-0.2, 0) is 4.79 Å². The van der Waals surface area contributed by atoms with Crippen molar-refractivity contribution in [2.75, 3.05) is 13.7 Å². The maximum Gasteiger partial charge on any atom is 0.325 e. The smallest absolute Gasteiger partial charge is 0.325 e. The van der Waals surface area contributed by atoms with E-state index >= 15 is 0 Å². The van der Waals surface area contributed by atoms with Gasteiger partial charge < -0.3 is 10.1 Å². The Hall–Kier alpha value is -2.08. The van der Waals surface area contributed by atoms with E-state index in [0.717, 1.165) is 11.3 Å². The van der Waals surface area contributed by atoms with Gasteiger partial charge in [0.05, 0.1) is 18.7 Å². The van der Waals surface area contributed by atoms with Gasteiger partial charge in [0.25, 0.3) is 5.91 Å². The number of urea groups is 1.